The van der Waals surface area contributed by atoms with Crippen LogP contribution in [0.4, 0.5) is 0 Å². The number of hydrogen-bond acceptors (Lipinski definition) is 3. The van der Waals surface area contributed by atoms with Crippen molar-refractivity contribution in [3.05, 3.63) is 16.6 Å². The van der Waals surface area contributed by atoms with Gasteiger partial charge in [-0.05, 0) is 25.3 Å². The summed E-state index contributed by atoms with van der Waals surface area (Å²) in [5, 5.41) is 3.42. The summed E-state index contributed by atoms with van der Waals surface area (Å²) in [4.78, 5) is 5.35. The highest BCUT2D eigenvalue weighted by molar-refractivity contribution is 7.09. The Morgan fingerprint density at radius 3 is 3.18 bits per heavy atom. The summed E-state index contributed by atoms with van der Waals surface area (Å²) in [5.74, 6) is 0.975. The molecule has 11 heavy (non-hydrogen) atoms. The van der Waals surface area contributed by atoms with Gasteiger partial charge in [0.1, 0.15) is 0 Å². The fraction of sp³-hybridized carbons (Fsp3) is 0.625. The van der Waals surface area contributed by atoms with E-state index in [-0.39, 0.29) is 0 Å². The SMILES string of the molecule is c1ncc(CNCC2CC2)s1. The molecule has 1 heterocycles. The monoisotopic (exact) mass is 168 g/mol. The van der Waals surface area contributed by atoms with Crippen molar-refractivity contribution in [1.29, 1.82) is 0 Å². The molecule has 1 aromatic rings. The molecule has 2 rings (SSSR count). The molecule has 0 atom stereocenters. The molecule has 0 saturated heterocycles. The lowest BCUT2D eigenvalue weighted by Crippen LogP contribution is -2.15. The molecule has 1 aliphatic carbocycles. The van der Waals surface area contributed by atoms with Crippen LogP contribution in [0.2, 0.25) is 0 Å². The second kappa shape index (κ2) is 3.32. The molecular weight excluding hydrogens is 156 g/mol. The van der Waals surface area contributed by atoms with Gasteiger partial charge >= 0.3 is 0 Å². The van der Waals surface area contributed by atoms with Gasteiger partial charge in [-0.15, -0.1) is 11.3 Å². The zero-order chi connectivity index (χ0) is 7.52. The molecule has 1 fully saturated rings. The second-order valence-electron chi connectivity index (χ2n) is 3.04. The van der Waals surface area contributed by atoms with E-state index in [4.69, 9.17) is 0 Å². The highest BCUT2D eigenvalue weighted by atomic mass is 32.1. The van der Waals surface area contributed by atoms with Crippen molar-refractivity contribution < 1.29 is 0 Å². The maximum Gasteiger partial charge on any atom is 0.0794 e. The van der Waals surface area contributed by atoms with Gasteiger partial charge in [0.15, 0.2) is 0 Å². The smallest absolute Gasteiger partial charge is 0.0794 e. The highest BCUT2D eigenvalue weighted by Crippen LogP contribution is 2.27. The van der Waals surface area contributed by atoms with Crippen LogP contribution in [0.25, 0.3) is 0 Å². The van der Waals surface area contributed by atoms with Gasteiger partial charge in [-0.25, -0.2) is 0 Å². The molecule has 1 saturated carbocycles. The third kappa shape index (κ3) is 2.27. The number of hydrogen-bond donors (Lipinski definition) is 1. The standard InChI is InChI=1S/C8H12N2S/c1-2-7(1)3-9-4-8-5-10-6-11-8/h5-7,9H,1-4H2. The van der Waals surface area contributed by atoms with Crippen molar-refractivity contribution in [1.82, 2.24) is 10.3 Å². The molecule has 0 aromatic carbocycles. The van der Waals surface area contributed by atoms with E-state index in [2.05, 4.69) is 10.3 Å². The minimum absolute atomic E-state index is 0.975. The minimum atomic E-state index is 0.975. The summed E-state index contributed by atoms with van der Waals surface area (Å²) < 4.78 is 0. The normalized spacial score (nSPS) is 17.1. The first-order valence-electron chi connectivity index (χ1n) is 4.03. The Balaban J connectivity index is 1.66. The van der Waals surface area contributed by atoms with E-state index in [1.165, 1.54) is 24.3 Å². The Morgan fingerprint density at radius 2 is 2.55 bits per heavy atom. The fourth-order valence-electron chi connectivity index (χ4n) is 1.05. The van der Waals surface area contributed by atoms with Crippen LogP contribution in [0.1, 0.15) is 17.7 Å². The maximum absolute atomic E-state index is 4.01. The van der Waals surface area contributed by atoms with Crippen LogP contribution >= 0.6 is 11.3 Å². The molecular formula is C8H12N2S. The Labute approximate surface area is 70.7 Å². The van der Waals surface area contributed by atoms with Crippen LogP contribution in [-0.4, -0.2) is 11.5 Å². The lowest BCUT2D eigenvalue weighted by Gasteiger charge is -1.98. The molecule has 1 N–H and O–H groups in total. The average Bonchev–Trinajstić information content (AvgIpc) is 2.66. The topological polar surface area (TPSA) is 24.9 Å². The third-order valence-corrected chi connectivity index (χ3v) is 2.69. The van der Waals surface area contributed by atoms with Gasteiger partial charge in [0.05, 0.1) is 5.51 Å². The van der Waals surface area contributed by atoms with E-state index in [1.54, 1.807) is 11.3 Å². The summed E-state index contributed by atoms with van der Waals surface area (Å²) in [7, 11) is 0. The Bertz CT molecular complexity index is 204. The minimum Gasteiger partial charge on any atom is -0.312 e. The maximum atomic E-state index is 4.01. The number of nitrogens with zero attached hydrogens (tertiary/aromatic N) is 1. The van der Waals surface area contributed by atoms with Crippen molar-refractivity contribution in [3.8, 4) is 0 Å². The van der Waals surface area contributed by atoms with Crippen LogP contribution in [0.5, 0.6) is 0 Å². The number of rotatable bonds is 4. The summed E-state index contributed by atoms with van der Waals surface area (Å²) in [6.07, 6.45) is 4.79. The Morgan fingerprint density at radius 1 is 1.64 bits per heavy atom. The fourth-order valence-corrected chi connectivity index (χ4v) is 1.62. The van der Waals surface area contributed by atoms with Gasteiger partial charge in [-0.1, -0.05) is 0 Å². The van der Waals surface area contributed by atoms with Gasteiger partial charge in [-0.3, -0.25) is 4.98 Å². The summed E-state index contributed by atoms with van der Waals surface area (Å²) >= 11 is 1.72. The number of thiazole rings is 1. The lowest BCUT2D eigenvalue weighted by atomic mass is 10.4. The summed E-state index contributed by atoms with van der Waals surface area (Å²) in [6.45, 7) is 2.19. The third-order valence-electron chi connectivity index (χ3n) is 1.91. The Hall–Kier alpha value is -0.410. The quantitative estimate of drug-likeness (QED) is 0.739. The first-order chi connectivity index (χ1) is 5.45. The van der Waals surface area contributed by atoms with Crippen LogP contribution in [0, 0.1) is 5.92 Å². The van der Waals surface area contributed by atoms with E-state index in [0.717, 1.165) is 12.5 Å². The molecule has 0 radical (unpaired) electrons. The average molecular weight is 168 g/mol. The molecule has 60 valence electrons. The molecule has 0 bridgehead atoms. The first-order valence-corrected chi connectivity index (χ1v) is 4.91. The zero-order valence-electron chi connectivity index (χ0n) is 6.42. The van der Waals surface area contributed by atoms with Crippen LogP contribution in [-0.2, 0) is 6.54 Å². The van der Waals surface area contributed by atoms with Gasteiger partial charge in [0.25, 0.3) is 0 Å². The van der Waals surface area contributed by atoms with E-state index >= 15 is 0 Å². The molecule has 1 aromatic heterocycles. The van der Waals surface area contributed by atoms with E-state index in [1.807, 2.05) is 11.7 Å². The lowest BCUT2D eigenvalue weighted by molar-refractivity contribution is 0.643. The first kappa shape index (κ1) is 7.25. The number of nitrogens with one attached hydrogen (secondary N) is 1. The predicted octanol–water partition coefficient (Wildman–Crippen LogP) is 1.64. The molecule has 1 aliphatic rings. The van der Waals surface area contributed by atoms with Crippen molar-refractivity contribution >= 4 is 11.3 Å². The largest absolute Gasteiger partial charge is 0.312 e. The van der Waals surface area contributed by atoms with Gasteiger partial charge in [0, 0.05) is 17.6 Å². The summed E-state index contributed by atoms with van der Waals surface area (Å²) in [6, 6.07) is 0. The van der Waals surface area contributed by atoms with Gasteiger partial charge in [0.2, 0.25) is 0 Å². The molecule has 2 nitrogen and oxygen atoms in total. The van der Waals surface area contributed by atoms with Crippen molar-refractivity contribution in [3.63, 3.8) is 0 Å². The van der Waals surface area contributed by atoms with Gasteiger partial charge in [-0.2, -0.15) is 0 Å². The van der Waals surface area contributed by atoms with Crippen molar-refractivity contribution in [2.24, 2.45) is 5.92 Å². The van der Waals surface area contributed by atoms with Crippen LogP contribution in [0.15, 0.2) is 11.7 Å². The van der Waals surface area contributed by atoms with Crippen molar-refractivity contribution in [2.45, 2.75) is 19.4 Å². The van der Waals surface area contributed by atoms with Crippen LogP contribution in [0.3, 0.4) is 0 Å². The Kier molecular flexibility index (Phi) is 2.19. The molecule has 0 unspecified atom stereocenters. The predicted molar refractivity (Wildman–Crippen MR) is 46.5 cm³/mol. The van der Waals surface area contributed by atoms with Crippen molar-refractivity contribution in [2.75, 3.05) is 6.54 Å². The molecule has 0 aliphatic heterocycles. The summed E-state index contributed by atoms with van der Waals surface area (Å²) in [5.41, 5.74) is 1.88. The molecule has 0 amide bonds. The van der Waals surface area contributed by atoms with E-state index < -0.39 is 0 Å². The highest BCUT2D eigenvalue weighted by Gasteiger charge is 2.19. The van der Waals surface area contributed by atoms with Gasteiger partial charge < -0.3 is 5.32 Å². The van der Waals surface area contributed by atoms with E-state index in [0.29, 0.717) is 0 Å². The molecule has 3 heteroatoms. The zero-order valence-corrected chi connectivity index (χ0v) is 7.23. The van der Waals surface area contributed by atoms with Crippen LogP contribution < -0.4 is 5.32 Å². The van der Waals surface area contributed by atoms with E-state index in [9.17, 15) is 0 Å². The second-order valence-corrected chi connectivity index (χ2v) is 4.01. The number of aromatic nitrogens is 1. The molecule has 0 spiro atoms.